The highest BCUT2D eigenvalue weighted by molar-refractivity contribution is 6.30. The van der Waals surface area contributed by atoms with E-state index in [9.17, 15) is 27.2 Å². The SMILES string of the molecule is O=C(Nc1ccc(Cl)cn1)C1CCN(C(=O)c2ccc(F)c(C(F)(F)F)c2)CC1. The molecule has 1 fully saturated rings. The van der Waals surface area contributed by atoms with Crippen LogP contribution in [0.2, 0.25) is 5.02 Å². The van der Waals surface area contributed by atoms with Crippen molar-refractivity contribution in [2.45, 2.75) is 19.0 Å². The van der Waals surface area contributed by atoms with Gasteiger partial charge in [-0.3, -0.25) is 9.59 Å². The Morgan fingerprint density at radius 2 is 1.83 bits per heavy atom. The Balaban J connectivity index is 1.61. The molecule has 1 saturated heterocycles. The zero-order valence-corrected chi connectivity index (χ0v) is 15.7. The van der Waals surface area contributed by atoms with Gasteiger partial charge >= 0.3 is 6.18 Å². The van der Waals surface area contributed by atoms with Crippen molar-refractivity contribution in [1.82, 2.24) is 9.88 Å². The summed E-state index contributed by atoms with van der Waals surface area (Å²) < 4.78 is 52.0. The molecule has 0 saturated carbocycles. The molecule has 0 radical (unpaired) electrons. The third kappa shape index (κ3) is 5.03. The summed E-state index contributed by atoms with van der Waals surface area (Å²) in [5.74, 6) is -2.33. The first kappa shape index (κ1) is 21.0. The van der Waals surface area contributed by atoms with Gasteiger partial charge in [-0.05, 0) is 43.2 Å². The Morgan fingerprint density at radius 3 is 2.41 bits per heavy atom. The molecule has 0 bridgehead atoms. The van der Waals surface area contributed by atoms with Gasteiger partial charge in [0.25, 0.3) is 5.91 Å². The monoisotopic (exact) mass is 429 g/mol. The number of benzene rings is 1. The zero-order valence-electron chi connectivity index (χ0n) is 15.0. The standard InChI is InChI=1S/C19H16ClF4N3O2/c20-13-2-4-16(25-10-13)26-17(28)11-5-7-27(8-6-11)18(29)12-1-3-15(21)14(9-12)19(22,23)24/h1-4,9-11H,5-8H2,(H,25,26,28). The molecule has 29 heavy (non-hydrogen) atoms. The van der Waals surface area contributed by atoms with E-state index in [1.165, 1.54) is 11.1 Å². The number of amides is 2. The molecule has 1 N–H and O–H groups in total. The summed E-state index contributed by atoms with van der Waals surface area (Å²) in [5, 5.41) is 3.10. The fourth-order valence-corrected chi connectivity index (χ4v) is 3.19. The lowest BCUT2D eigenvalue weighted by atomic mass is 9.95. The molecule has 0 aliphatic carbocycles. The van der Waals surface area contributed by atoms with Crippen LogP contribution in [0.4, 0.5) is 23.4 Å². The highest BCUT2D eigenvalue weighted by Crippen LogP contribution is 2.32. The molecule has 2 aromatic rings. The van der Waals surface area contributed by atoms with E-state index < -0.39 is 23.5 Å². The summed E-state index contributed by atoms with van der Waals surface area (Å²) >= 11 is 5.74. The molecule has 0 unspecified atom stereocenters. The average Bonchev–Trinajstić information content (AvgIpc) is 2.69. The molecule has 2 heterocycles. The minimum Gasteiger partial charge on any atom is -0.339 e. The summed E-state index contributed by atoms with van der Waals surface area (Å²) in [6.07, 6.45) is -2.80. The Bertz CT molecular complexity index is 911. The van der Waals surface area contributed by atoms with Gasteiger partial charge in [0.15, 0.2) is 0 Å². The second-order valence-electron chi connectivity index (χ2n) is 6.61. The number of pyridine rings is 1. The highest BCUT2D eigenvalue weighted by Gasteiger charge is 2.35. The predicted octanol–water partition coefficient (Wildman–Crippen LogP) is 4.38. The molecular weight excluding hydrogens is 414 g/mol. The van der Waals surface area contributed by atoms with E-state index in [-0.39, 0.29) is 30.5 Å². The first-order valence-corrected chi connectivity index (χ1v) is 9.11. The van der Waals surface area contributed by atoms with E-state index in [4.69, 9.17) is 11.6 Å². The lowest BCUT2D eigenvalue weighted by Gasteiger charge is -2.31. The Hall–Kier alpha value is -2.68. The van der Waals surface area contributed by atoms with E-state index in [1.807, 2.05) is 0 Å². The van der Waals surface area contributed by atoms with Gasteiger partial charge in [0.05, 0.1) is 10.6 Å². The van der Waals surface area contributed by atoms with Crippen LogP contribution in [-0.2, 0) is 11.0 Å². The van der Waals surface area contributed by atoms with Crippen LogP contribution in [0, 0.1) is 11.7 Å². The van der Waals surface area contributed by atoms with E-state index in [0.29, 0.717) is 35.8 Å². The number of rotatable bonds is 3. The van der Waals surface area contributed by atoms with Crippen molar-refractivity contribution in [2.75, 3.05) is 18.4 Å². The topological polar surface area (TPSA) is 62.3 Å². The predicted molar refractivity (Wildman–Crippen MR) is 97.9 cm³/mol. The Labute approximate surface area is 168 Å². The second kappa shape index (κ2) is 8.36. The van der Waals surface area contributed by atoms with Crippen LogP contribution >= 0.6 is 11.6 Å². The maximum atomic E-state index is 13.4. The van der Waals surface area contributed by atoms with Crippen molar-refractivity contribution in [3.8, 4) is 0 Å². The molecule has 5 nitrogen and oxygen atoms in total. The maximum absolute atomic E-state index is 13.4. The number of piperidine rings is 1. The zero-order chi connectivity index (χ0) is 21.2. The fraction of sp³-hybridized carbons (Fsp3) is 0.316. The molecular formula is C19H16ClF4N3O2. The molecule has 1 aliphatic rings. The Kier molecular flexibility index (Phi) is 6.07. The molecule has 0 spiro atoms. The number of likely N-dealkylation sites (tertiary alicyclic amines) is 1. The minimum atomic E-state index is -4.89. The van der Waals surface area contributed by atoms with Crippen molar-refractivity contribution < 1.29 is 27.2 Å². The van der Waals surface area contributed by atoms with E-state index >= 15 is 0 Å². The molecule has 0 atom stereocenters. The molecule has 154 valence electrons. The number of halogens is 5. The number of alkyl halides is 3. The van der Waals surface area contributed by atoms with Crippen molar-refractivity contribution in [1.29, 1.82) is 0 Å². The summed E-state index contributed by atoms with van der Waals surface area (Å²) in [5.41, 5.74) is -1.72. The fourth-order valence-electron chi connectivity index (χ4n) is 3.08. The van der Waals surface area contributed by atoms with Gasteiger partial charge in [-0.25, -0.2) is 9.37 Å². The van der Waals surface area contributed by atoms with Crippen LogP contribution in [0.25, 0.3) is 0 Å². The van der Waals surface area contributed by atoms with Crippen LogP contribution in [0.5, 0.6) is 0 Å². The molecule has 1 aromatic heterocycles. The number of nitrogens with zero attached hydrogens (tertiary/aromatic N) is 2. The highest BCUT2D eigenvalue weighted by atomic mass is 35.5. The first-order chi connectivity index (χ1) is 13.6. The second-order valence-corrected chi connectivity index (χ2v) is 7.05. The maximum Gasteiger partial charge on any atom is 0.419 e. The molecule has 10 heteroatoms. The van der Waals surface area contributed by atoms with E-state index in [1.54, 1.807) is 12.1 Å². The molecule has 1 aromatic carbocycles. The largest absolute Gasteiger partial charge is 0.419 e. The van der Waals surface area contributed by atoms with E-state index in [0.717, 1.165) is 6.07 Å². The van der Waals surface area contributed by atoms with Crippen molar-refractivity contribution in [3.05, 3.63) is 58.5 Å². The van der Waals surface area contributed by atoms with Crippen molar-refractivity contribution in [3.63, 3.8) is 0 Å². The van der Waals surface area contributed by atoms with Crippen molar-refractivity contribution >= 4 is 29.2 Å². The normalized spacial score (nSPS) is 15.3. The third-order valence-corrected chi connectivity index (χ3v) is 4.87. The van der Waals surface area contributed by atoms with Crippen LogP contribution in [0.3, 0.4) is 0 Å². The van der Waals surface area contributed by atoms with Gasteiger partial charge in [-0.2, -0.15) is 13.2 Å². The van der Waals surface area contributed by atoms with Crippen LogP contribution in [0.15, 0.2) is 36.5 Å². The average molecular weight is 430 g/mol. The number of carbonyl (C=O) groups is 2. The summed E-state index contributed by atoms with van der Waals surface area (Å²) in [7, 11) is 0. The van der Waals surface area contributed by atoms with Gasteiger partial charge in [0.1, 0.15) is 11.6 Å². The lowest BCUT2D eigenvalue weighted by Crippen LogP contribution is -2.41. The van der Waals surface area contributed by atoms with Crippen LogP contribution in [-0.4, -0.2) is 34.8 Å². The number of anilines is 1. The number of carbonyl (C=O) groups excluding carboxylic acids is 2. The van der Waals surface area contributed by atoms with Crippen LogP contribution in [0.1, 0.15) is 28.8 Å². The first-order valence-electron chi connectivity index (χ1n) is 8.73. The Morgan fingerprint density at radius 1 is 1.14 bits per heavy atom. The van der Waals surface area contributed by atoms with Gasteiger partial charge in [-0.1, -0.05) is 11.6 Å². The van der Waals surface area contributed by atoms with Gasteiger partial charge in [-0.15, -0.1) is 0 Å². The number of hydrogen-bond acceptors (Lipinski definition) is 3. The number of nitrogens with one attached hydrogen (secondary N) is 1. The van der Waals surface area contributed by atoms with Crippen molar-refractivity contribution in [2.24, 2.45) is 5.92 Å². The number of aromatic nitrogens is 1. The van der Waals surface area contributed by atoms with Crippen LogP contribution < -0.4 is 5.32 Å². The number of hydrogen-bond donors (Lipinski definition) is 1. The molecule has 1 aliphatic heterocycles. The summed E-state index contributed by atoms with van der Waals surface area (Å²) in [6, 6.07) is 5.32. The van der Waals surface area contributed by atoms with Gasteiger partial charge in [0, 0.05) is 30.8 Å². The van der Waals surface area contributed by atoms with Gasteiger partial charge in [0.2, 0.25) is 5.91 Å². The minimum absolute atomic E-state index is 0.198. The lowest BCUT2D eigenvalue weighted by molar-refractivity contribution is -0.140. The van der Waals surface area contributed by atoms with E-state index in [2.05, 4.69) is 10.3 Å². The molecule has 2 amide bonds. The smallest absolute Gasteiger partial charge is 0.339 e. The summed E-state index contributed by atoms with van der Waals surface area (Å²) in [6.45, 7) is 0.396. The molecule has 3 rings (SSSR count). The van der Waals surface area contributed by atoms with Gasteiger partial charge < -0.3 is 10.2 Å². The summed E-state index contributed by atoms with van der Waals surface area (Å²) in [4.78, 5) is 30.2. The quantitative estimate of drug-likeness (QED) is 0.736. The third-order valence-electron chi connectivity index (χ3n) is 4.65.